The van der Waals surface area contributed by atoms with Gasteiger partial charge >= 0.3 is 0 Å². The SMILES string of the molecule is CS[C@H](C)C(=O)NCc1cc(-c2ccccc2)no1. The molecule has 0 saturated carbocycles. The quantitative estimate of drug-likeness (QED) is 0.912. The van der Waals surface area contributed by atoms with Crippen molar-refractivity contribution in [2.45, 2.75) is 18.7 Å². The Hall–Kier alpha value is -1.75. The minimum absolute atomic E-state index is 0.00478. The van der Waals surface area contributed by atoms with E-state index >= 15 is 0 Å². The van der Waals surface area contributed by atoms with E-state index in [-0.39, 0.29) is 11.2 Å². The molecule has 1 heterocycles. The molecule has 4 nitrogen and oxygen atoms in total. The number of aromatic nitrogens is 1. The molecule has 1 aromatic carbocycles. The van der Waals surface area contributed by atoms with Crippen LogP contribution in [-0.2, 0) is 11.3 Å². The molecular weight excluding hydrogens is 260 g/mol. The van der Waals surface area contributed by atoms with Crippen LogP contribution in [0.3, 0.4) is 0 Å². The molecule has 0 aliphatic rings. The van der Waals surface area contributed by atoms with E-state index in [0.717, 1.165) is 11.3 Å². The second-order valence-electron chi connectivity index (χ2n) is 4.14. The molecule has 0 fully saturated rings. The molecule has 0 aliphatic carbocycles. The molecule has 1 aromatic heterocycles. The Morgan fingerprint density at radius 3 is 2.84 bits per heavy atom. The lowest BCUT2D eigenvalue weighted by Gasteiger charge is -2.07. The van der Waals surface area contributed by atoms with E-state index in [1.165, 1.54) is 11.8 Å². The van der Waals surface area contributed by atoms with Crippen molar-refractivity contribution < 1.29 is 9.32 Å². The van der Waals surface area contributed by atoms with Gasteiger partial charge in [-0.2, -0.15) is 11.8 Å². The molecule has 19 heavy (non-hydrogen) atoms. The zero-order chi connectivity index (χ0) is 13.7. The number of hydrogen-bond donors (Lipinski definition) is 1. The lowest BCUT2D eigenvalue weighted by Crippen LogP contribution is -2.30. The van der Waals surface area contributed by atoms with Crippen molar-refractivity contribution in [1.82, 2.24) is 10.5 Å². The van der Waals surface area contributed by atoms with E-state index in [0.29, 0.717) is 12.3 Å². The fourth-order valence-electron chi connectivity index (χ4n) is 1.57. The maximum Gasteiger partial charge on any atom is 0.233 e. The Kier molecular flexibility index (Phi) is 4.63. The molecule has 0 saturated heterocycles. The van der Waals surface area contributed by atoms with E-state index in [1.807, 2.05) is 49.6 Å². The Morgan fingerprint density at radius 2 is 2.16 bits per heavy atom. The fourth-order valence-corrected chi connectivity index (χ4v) is 1.86. The van der Waals surface area contributed by atoms with E-state index < -0.39 is 0 Å². The van der Waals surface area contributed by atoms with Crippen LogP contribution in [0.2, 0.25) is 0 Å². The summed E-state index contributed by atoms with van der Waals surface area (Å²) in [6, 6.07) is 11.6. The molecule has 2 aromatic rings. The molecule has 0 bridgehead atoms. The van der Waals surface area contributed by atoms with Gasteiger partial charge < -0.3 is 9.84 Å². The van der Waals surface area contributed by atoms with E-state index in [4.69, 9.17) is 4.52 Å². The van der Waals surface area contributed by atoms with Gasteiger partial charge in [0.25, 0.3) is 0 Å². The average molecular weight is 276 g/mol. The number of benzene rings is 1. The fraction of sp³-hybridized carbons (Fsp3) is 0.286. The zero-order valence-electron chi connectivity index (χ0n) is 10.9. The summed E-state index contributed by atoms with van der Waals surface area (Å²) in [5, 5.41) is 6.76. The van der Waals surface area contributed by atoms with Gasteiger partial charge in [0.15, 0.2) is 5.76 Å². The predicted molar refractivity (Wildman–Crippen MR) is 76.8 cm³/mol. The van der Waals surface area contributed by atoms with E-state index in [9.17, 15) is 4.79 Å². The molecular formula is C14H16N2O2S. The van der Waals surface area contributed by atoms with Gasteiger partial charge in [0.2, 0.25) is 5.91 Å². The number of carbonyl (C=O) groups excluding carboxylic acids is 1. The normalized spacial score (nSPS) is 12.1. The highest BCUT2D eigenvalue weighted by Crippen LogP contribution is 2.18. The van der Waals surface area contributed by atoms with Gasteiger partial charge in [-0.1, -0.05) is 35.5 Å². The van der Waals surface area contributed by atoms with E-state index in [1.54, 1.807) is 0 Å². The van der Waals surface area contributed by atoms with Crippen LogP contribution >= 0.6 is 11.8 Å². The van der Waals surface area contributed by atoms with Crippen molar-refractivity contribution in [3.8, 4) is 11.3 Å². The monoisotopic (exact) mass is 276 g/mol. The van der Waals surface area contributed by atoms with Gasteiger partial charge in [0.1, 0.15) is 5.69 Å². The number of thioether (sulfide) groups is 1. The van der Waals surface area contributed by atoms with Crippen LogP contribution in [-0.4, -0.2) is 22.6 Å². The van der Waals surface area contributed by atoms with Gasteiger partial charge in [0, 0.05) is 11.6 Å². The summed E-state index contributed by atoms with van der Waals surface area (Å²) in [6.07, 6.45) is 1.91. The van der Waals surface area contributed by atoms with Crippen LogP contribution in [0.25, 0.3) is 11.3 Å². The van der Waals surface area contributed by atoms with Crippen LogP contribution in [0.1, 0.15) is 12.7 Å². The minimum Gasteiger partial charge on any atom is -0.359 e. The molecule has 1 amide bonds. The summed E-state index contributed by atoms with van der Waals surface area (Å²) in [5.74, 6) is 0.658. The van der Waals surface area contributed by atoms with Crippen LogP contribution in [0.15, 0.2) is 40.9 Å². The van der Waals surface area contributed by atoms with Crippen molar-refractivity contribution in [2.75, 3.05) is 6.26 Å². The smallest absolute Gasteiger partial charge is 0.233 e. The van der Waals surface area contributed by atoms with Gasteiger partial charge in [0.05, 0.1) is 11.8 Å². The molecule has 0 radical (unpaired) electrons. The second kappa shape index (κ2) is 6.43. The number of rotatable bonds is 5. The third kappa shape index (κ3) is 3.61. The number of carbonyl (C=O) groups is 1. The maximum absolute atomic E-state index is 11.6. The molecule has 1 atom stereocenters. The first-order valence-electron chi connectivity index (χ1n) is 6.02. The van der Waals surface area contributed by atoms with Gasteiger partial charge in [-0.3, -0.25) is 4.79 Å². The predicted octanol–water partition coefficient (Wildman–Crippen LogP) is 2.71. The Bertz CT molecular complexity index is 539. The van der Waals surface area contributed by atoms with Crippen LogP contribution < -0.4 is 5.32 Å². The summed E-state index contributed by atoms with van der Waals surface area (Å²) in [4.78, 5) is 11.6. The summed E-state index contributed by atoms with van der Waals surface area (Å²) in [6.45, 7) is 2.24. The minimum atomic E-state index is -0.0588. The van der Waals surface area contributed by atoms with Crippen molar-refractivity contribution >= 4 is 17.7 Å². The van der Waals surface area contributed by atoms with Gasteiger partial charge in [-0.25, -0.2) is 0 Å². The highest BCUT2D eigenvalue weighted by Gasteiger charge is 2.12. The summed E-state index contributed by atoms with van der Waals surface area (Å²) in [7, 11) is 0. The maximum atomic E-state index is 11.6. The highest BCUT2D eigenvalue weighted by atomic mass is 32.2. The van der Waals surface area contributed by atoms with Crippen LogP contribution in [0.5, 0.6) is 0 Å². The van der Waals surface area contributed by atoms with Crippen molar-refractivity contribution in [1.29, 1.82) is 0 Å². The average Bonchev–Trinajstić information content (AvgIpc) is 2.93. The summed E-state index contributed by atoms with van der Waals surface area (Å²) >= 11 is 1.51. The lowest BCUT2D eigenvalue weighted by molar-refractivity contribution is -0.120. The highest BCUT2D eigenvalue weighted by molar-refractivity contribution is 7.99. The molecule has 1 N–H and O–H groups in total. The lowest BCUT2D eigenvalue weighted by atomic mass is 10.1. The van der Waals surface area contributed by atoms with Crippen molar-refractivity contribution in [2.24, 2.45) is 0 Å². The number of nitrogens with one attached hydrogen (secondary N) is 1. The molecule has 100 valence electrons. The first-order valence-corrected chi connectivity index (χ1v) is 7.31. The van der Waals surface area contributed by atoms with Crippen LogP contribution in [0, 0.1) is 0 Å². The topological polar surface area (TPSA) is 55.1 Å². The third-order valence-corrected chi connectivity index (χ3v) is 3.71. The van der Waals surface area contributed by atoms with Crippen molar-refractivity contribution in [3.05, 3.63) is 42.2 Å². The molecule has 0 spiro atoms. The van der Waals surface area contributed by atoms with E-state index in [2.05, 4.69) is 10.5 Å². The molecule has 5 heteroatoms. The second-order valence-corrected chi connectivity index (χ2v) is 5.32. The standard InChI is InChI=1S/C14H16N2O2S/c1-10(19-2)14(17)15-9-12-8-13(16-18-12)11-6-4-3-5-7-11/h3-8,10H,9H2,1-2H3,(H,15,17)/t10-/m1/s1. The Balaban J connectivity index is 1.97. The number of nitrogens with zero attached hydrogens (tertiary/aromatic N) is 1. The summed E-state index contributed by atoms with van der Waals surface area (Å²) < 4.78 is 5.21. The summed E-state index contributed by atoms with van der Waals surface area (Å²) in [5.41, 5.74) is 1.78. The zero-order valence-corrected chi connectivity index (χ0v) is 11.7. The molecule has 2 rings (SSSR count). The Morgan fingerprint density at radius 1 is 1.42 bits per heavy atom. The van der Waals surface area contributed by atoms with Gasteiger partial charge in [-0.15, -0.1) is 0 Å². The third-order valence-electron chi connectivity index (χ3n) is 2.79. The van der Waals surface area contributed by atoms with Crippen LogP contribution in [0.4, 0.5) is 0 Å². The Labute approximate surface area is 116 Å². The molecule has 0 aliphatic heterocycles. The number of hydrogen-bond acceptors (Lipinski definition) is 4. The first kappa shape index (κ1) is 13.7. The molecule has 0 unspecified atom stereocenters. The largest absolute Gasteiger partial charge is 0.359 e. The number of amides is 1. The first-order chi connectivity index (χ1) is 9.20. The van der Waals surface area contributed by atoms with Gasteiger partial charge in [-0.05, 0) is 13.2 Å². The van der Waals surface area contributed by atoms with Crippen molar-refractivity contribution in [3.63, 3.8) is 0 Å².